The van der Waals surface area contributed by atoms with Gasteiger partial charge in [-0.15, -0.1) is 0 Å². The fourth-order valence-electron chi connectivity index (χ4n) is 4.94. The van der Waals surface area contributed by atoms with Crippen molar-refractivity contribution >= 4 is 40.8 Å². The number of carbonyl (C=O) groups is 1. The number of nitrogens with one attached hydrogen (secondary N) is 1. The van der Waals surface area contributed by atoms with Crippen LogP contribution in [-0.4, -0.2) is 44.4 Å². The van der Waals surface area contributed by atoms with Crippen LogP contribution in [0.1, 0.15) is 58.2 Å². The molecule has 1 aliphatic rings. The van der Waals surface area contributed by atoms with E-state index in [1.54, 1.807) is 24.2 Å². The smallest absolute Gasteiger partial charge is 0.410 e. The molecule has 2 aromatic heterocycles. The number of amides is 1. The van der Waals surface area contributed by atoms with E-state index < -0.39 is 17.5 Å². The number of benzene rings is 2. The minimum absolute atomic E-state index is 0.0827. The molecule has 0 aliphatic carbocycles. The molecule has 0 bridgehead atoms. The summed E-state index contributed by atoms with van der Waals surface area (Å²) in [5.74, 6) is 0.339. The quantitative estimate of drug-likeness (QED) is 0.207. The fraction of sp³-hybridized carbons (Fsp3) is 0.344. The Kier molecular flexibility index (Phi) is 9.13. The number of aromatic nitrogens is 3. The third kappa shape index (κ3) is 7.40. The van der Waals surface area contributed by atoms with Crippen molar-refractivity contribution in [3.63, 3.8) is 0 Å². The summed E-state index contributed by atoms with van der Waals surface area (Å²) in [5, 5.41) is 8.14. The van der Waals surface area contributed by atoms with Crippen molar-refractivity contribution < 1.29 is 18.7 Å². The molecule has 226 valence electrons. The van der Waals surface area contributed by atoms with E-state index in [0.29, 0.717) is 35.2 Å². The predicted octanol–water partition coefficient (Wildman–Crippen LogP) is 8.85. The lowest BCUT2D eigenvalue weighted by atomic mass is 10.1. The third-order valence-corrected chi connectivity index (χ3v) is 7.82. The number of rotatable bonds is 7. The van der Waals surface area contributed by atoms with E-state index in [4.69, 9.17) is 32.7 Å². The molecule has 5 rings (SSSR count). The highest BCUT2D eigenvalue weighted by Gasteiger charge is 2.28. The van der Waals surface area contributed by atoms with Crippen molar-refractivity contribution in [2.45, 2.75) is 58.3 Å². The molecule has 11 heteroatoms. The largest absolute Gasteiger partial charge is 0.482 e. The normalized spacial score (nSPS) is 14.8. The van der Waals surface area contributed by atoms with Gasteiger partial charge in [-0.05, 0) is 70.9 Å². The van der Waals surface area contributed by atoms with Gasteiger partial charge < -0.3 is 19.7 Å². The first-order valence-corrected chi connectivity index (χ1v) is 14.9. The summed E-state index contributed by atoms with van der Waals surface area (Å²) < 4.78 is 28.1. The molecule has 1 saturated heterocycles. The molecular weight excluding hydrogens is 592 g/mol. The second-order valence-corrected chi connectivity index (χ2v) is 12.3. The molecule has 3 heterocycles. The first kappa shape index (κ1) is 30.6. The summed E-state index contributed by atoms with van der Waals surface area (Å²) in [5.41, 5.74) is 2.29. The minimum atomic E-state index is -0.679. The van der Waals surface area contributed by atoms with Gasteiger partial charge in [-0.25, -0.2) is 14.2 Å². The molecule has 0 unspecified atom stereocenters. The fourth-order valence-corrected chi connectivity index (χ4v) is 5.61. The standard InChI is InChI=1S/C32H34Cl2FN5O3/c1-20(28-25(33)10-11-26(35)29(28)34)42-27-16-21(17-36-30(27)38-23-8-6-5-7-9-23)22-18-37-40(19-22)24-12-14-39(15-13-24)31(41)43-32(2,3)4/h5-11,16-20,24H,12-15H2,1-4H3,(H,36,38)/t20-/m1/s1. The second kappa shape index (κ2) is 12.8. The van der Waals surface area contributed by atoms with Crippen LogP contribution in [0.15, 0.2) is 67.1 Å². The summed E-state index contributed by atoms with van der Waals surface area (Å²) >= 11 is 12.7. The van der Waals surface area contributed by atoms with Crippen LogP contribution in [0.4, 0.5) is 20.7 Å². The van der Waals surface area contributed by atoms with Crippen molar-refractivity contribution in [1.82, 2.24) is 19.7 Å². The van der Waals surface area contributed by atoms with Crippen molar-refractivity contribution in [3.05, 3.63) is 88.5 Å². The van der Waals surface area contributed by atoms with Gasteiger partial charge in [0.05, 0.1) is 17.3 Å². The number of ether oxygens (including phenoxy) is 2. The van der Waals surface area contributed by atoms with Crippen LogP contribution >= 0.6 is 23.2 Å². The number of likely N-dealkylation sites (tertiary alicyclic amines) is 1. The average molecular weight is 627 g/mol. The molecule has 1 fully saturated rings. The van der Waals surface area contributed by atoms with Gasteiger partial charge in [-0.2, -0.15) is 5.10 Å². The first-order chi connectivity index (χ1) is 20.5. The van der Waals surface area contributed by atoms with Gasteiger partial charge in [0.15, 0.2) is 11.6 Å². The number of anilines is 2. The van der Waals surface area contributed by atoms with Crippen LogP contribution in [-0.2, 0) is 4.74 Å². The van der Waals surface area contributed by atoms with E-state index in [2.05, 4.69) is 15.4 Å². The van der Waals surface area contributed by atoms with Crippen molar-refractivity contribution in [3.8, 4) is 16.9 Å². The number of pyridine rings is 1. The van der Waals surface area contributed by atoms with E-state index in [0.717, 1.165) is 29.7 Å². The van der Waals surface area contributed by atoms with E-state index >= 15 is 0 Å². The molecule has 0 saturated carbocycles. The Morgan fingerprint density at radius 1 is 1.07 bits per heavy atom. The highest BCUT2D eigenvalue weighted by molar-refractivity contribution is 6.36. The van der Waals surface area contributed by atoms with Gasteiger partial charge in [0.25, 0.3) is 0 Å². The van der Waals surface area contributed by atoms with E-state index in [-0.39, 0.29) is 17.2 Å². The molecule has 1 aliphatic heterocycles. The molecule has 0 radical (unpaired) electrons. The molecule has 8 nitrogen and oxygen atoms in total. The number of nitrogens with zero attached hydrogens (tertiary/aromatic N) is 4. The lowest BCUT2D eigenvalue weighted by molar-refractivity contribution is 0.0185. The lowest BCUT2D eigenvalue weighted by Crippen LogP contribution is -2.42. The zero-order valence-corrected chi connectivity index (χ0v) is 26.0. The van der Waals surface area contributed by atoms with Crippen LogP contribution in [0, 0.1) is 5.82 Å². The van der Waals surface area contributed by atoms with Crippen LogP contribution in [0.5, 0.6) is 5.75 Å². The second-order valence-electron chi connectivity index (χ2n) is 11.5. The van der Waals surface area contributed by atoms with Gasteiger partial charge in [0.1, 0.15) is 17.5 Å². The number of carbonyl (C=O) groups excluding carboxylic acids is 1. The third-order valence-electron chi connectivity index (χ3n) is 7.10. The predicted molar refractivity (Wildman–Crippen MR) is 167 cm³/mol. The zero-order valence-electron chi connectivity index (χ0n) is 24.5. The minimum Gasteiger partial charge on any atom is -0.482 e. The Balaban J connectivity index is 1.37. The van der Waals surface area contributed by atoms with Gasteiger partial charge in [-0.1, -0.05) is 41.4 Å². The monoisotopic (exact) mass is 625 g/mol. The Bertz CT molecular complexity index is 1580. The van der Waals surface area contributed by atoms with Crippen LogP contribution in [0.3, 0.4) is 0 Å². The molecule has 1 atom stereocenters. The number of para-hydroxylation sites is 1. The Hall–Kier alpha value is -3.82. The maximum atomic E-state index is 14.3. The van der Waals surface area contributed by atoms with Crippen LogP contribution < -0.4 is 10.1 Å². The summed E-state index contributed by atoms with van der Waals surface area (Å²) in [7, 11) is 0. The first-order valence-electron chi connectivity index (χ1n) is 14.1. The zero-order chi connectivity index (χ0) is 30.7. The van der Waals surface area contributed by atoms with Crippen molar-refractivity contribution in [2.75, 3.05) is 18.4 Å². The summed E-state index contributed by atoms with van der Waals surface area (Å²) in [4.78, 5) is 18.9. The molecule has 0 spiro atoms. The summed E-state index contributed by atoms with van der Waals surface area (Å²) in [6, 6.07) is 14.3. The summed E-state index contributed by atoms with van der Waals surface area (Å²) in [6.45, 7) is 8.54. The highest BCUT2D eigenvalue weighted by Crippen LogP contribution is 2.38. The molecule has 1 amide bonds. The number of halogens is 3. The van der Waals surface area contributed by atoms with Crippen molar-refractivity contribution in [1.29, 1.82) is 0 Å². The van der Waals surface area contributed by atoms with Crippen LogP contribution in [0.25, 0.3) is 11.1 Å². The molecule has 1 N–H and O–H groups in total. The maximum Gasteiger partial charge on any atom is 0.410 e. The summed E-state index contributed by atoms with van der Waals surface area (Å²) in [6.07, 6.45) is 6.07. The average Bonchev–Trinajstić information content (AvgIpc) is 3.46. The van der Waals surface area contributed by atoms with Crippen molar-refractivity contribution in [2.24, 2.45) is 0 Å². The van der Waals surface area contributed by atoms with Crippen LogP contribution in [0.2, 0.25) is 10.0 Å². The Labute approximate surface area is 260 Å². The number of piperidine rings is 1. The Morgan fingerprint density at radius 3 is 2.49 bits per heavy atom. The SMILES string of the molecule is C[C@@H](Oc1cc(-c2cnn(C3CCN(C(=O)OC(C)(C)C)CC3)c2)cnc1Nc1ccccc1)c1c(Cl)ccc(F)c1Cl. The molecule has 43 heavy (non-hydrogen) atoms. The Morgan fingerprint density at radius 2 is 1.79 bits per heavy atom. The number of hydrogen-bond acceptors (Lipinski definition) is 6. The van der Waals surface area contributed by atoms with Gasteiger partial charge >= 0.3 is 6.09 Å². The van der Waals surface area contributed by atoms with Gasteiger partial charge in [-0.3, -0.25) is 4.68 Å². The topological polar surface area (TPSA) is 81.5 Å². The van der Waals surface area contributed by atoms with Gasteiger partial charge in [0, 0.05) is 52.9 Å². The number of hydrogen-bond donors (Lipinski definition) is 1. The maximum absolute atomic E-state index is 14.3. The van der Waals surface area contributed by atoms with Gasteiger partial charge in [0.2, 0.25) is 0 Å². The molecule has 4 aromatic rings. The lowest BCUT2D eigenvalue weighted by Gasteiger charge is -2.33. The molecule has 2 aromatic carbocycles. The molecular formula is C32H34Cl2FN5O3. The highest BCUT2D eigenvalue weighted by atomic mass is 35.5. The van der Waals surface area contributed by atoms with E-state index in [1.165, 1.54) is 12.1 Å². The van der Waals surface area contributed by atoms with E-state index in [9.17, 15) is 9.18 Å². The van der Waals surface area contributed by atoms with E-state index in [1.807, 2.05) is 68.0 Å².